The van der Waals surface area contributed by atoms with Gasteiger partial charge in [0, 0.05) is 19.0 Å². The number of hydrogen-bond acceptors (Lipinski definition) is 2. The Bertz CT molecular complexity index is 255. The smallest absolute Gasteiger partial charge is 0.178 e. The number of nitrogens with zero attached hydrogens (tertiary/aromatic N) is 1. The fourth-order valence-electron chi connectivity index (χ4n) is 0.712. The van der Waals surface area contributed by atoms with Gasteiger partial charge in [0.1, 0.15) is 5.69 Å². The first-order valence-corrected chi connectivity index (χ1v) is 3.79. The molecule has 0 aliphatic rings. The van der Waals surface area contributed by atoms with E-state index >= 15 is 0 Å². The van der Waals surface area contributed by atoms with Crippen molar-refractivity contribution in [1.82, 2.24) is 4.98 Å². The normalized spacial score (nSPS) is 9.64. The summed E-state index contributed by atoms with van der Waals surface area (Å²) in [6.45, 7) is 1.49. The average molecular weight is 170 g/mol. The van der Waals surface area contributed by atoms with Crippen molar-refractivity contribution in [2.75, 3.05) is 0 Å². The summed E-state index contributed by atoms with van der Waals surface area (Å²) in [5.41, 5.74) is 1.41. The summed E-state index contributed by atoms with van der Waals surface area (Å²) in [4.78, 5) is 14.7. The Morgan fingerprint density at radius 1 is 1.64 bits per heavy atom. The highest BCUT2D eigenvalue weighted by atomic mass is 35.5. The molecule has 0 amide bonds. The molecule has 0 atom stereocenters. The largest absolute Gasteiger partial charge is 0.293 e. The highest BCUT2D eigenvalue weighted by molar-refractivity contribution is 6.17. The molecule has 1 heterocycles. The zero-order valence-corrected chi connectivity index (χ0v) is 6.93. The van der Waals surface area contributed by atoms with Crippen molar-refractivity contribution in [2.45, 2.75) is 12.8 Å². The van der Waals surface area contributed by atoms with Crippen molar-refractivity contribution in [2.24, 2.45) is 0 Å². The molecule has 1 rings (SSSR count). The molecule has 0 fully saturated rings. The van der Waals surface area contributed by atoms with Crippen LogP contribution in [0, 0.1) is 0 Å². The van der Waals surface area contributed by atoms with Crippen LogP contribution < -0.4 is 0 Å². The van der Waals surface area contributed by atoms with Crippen LogP contribution in [0.5, 0.6) is 0 Å². The number of aromatic nitrogens is 1. The summed E-state index contributed by atoms with van der Waals surface area (Å²) in [7, 11) is 0. The van der Waals surface area contributed by atoms with Crippen molar-refractivity contribution in [3.8, 4) is 0 Å². The second-order valence-electron chi connectivity index (χ2n) is 2.24. The van der Waals surface area contributed by atoms with E-state index in [9.17, 15) is 4.79 Å². The van der Waals surface area contributed by atoms with Crippen LogP contribution >= 0.6 is 11.6 Å². The first kappa shape index (κ1) is 8.21. The van der Waals surface area contributed by atoms with E-state index in [2.05, 4.69) is 4.98 Å². The highest BCUT2D eigenvalue weighted by Crippen LogP contribution is 2.03. The first-order valence-electron chi connectivity index (χ1n) is 3.26. The minimum absolute atomic E-state index is 0.0221. The van der Waals surface area contributed by atoms with Crippen molar-refractivity contribution in [3.63, 3.8) is 0 Å². The maximum atomic E-state index is 10.7. The maximum absolute atomic E-state index is 10.7. The Morgan fingerprint density at radius 3 is 2.73 bits per heavy atom. The minimum Gasteiger partial charge on any atom is -0.293 e. The molecular weight excluding hydrogens is 162 g/mol. The van der Waals surface area contributed by atoms with Crippen LogP contribution in [-0.2, 0) is 5.88 Å². The third-order valence-corrected chi connectivity index (χ3v) is 1.65. The zero-order valence-electron chi connectivity index (χ0n) is 6.17. The molecule has 1 aromatic heterocycles. The van der Waals surface area contributed by atoms with Gasteiger partial charge in [0.05, 0.1) is 0 Å². The van der Waals surface area contributed by atoms with E-state index in [1.165, 1.54) is 6.92 Å². The van der Waals surface area contributed by atoms with Gasteiger partial charge in [-0.05, 0) is 11.6 Å². The second-order valence-corrected chi connectivity index (χ2v) is 2.51. The topological polar surface area (TPSA) is 30.0 Å². The van der Waals surface area contributed by atoms with Gasteiger partial charge >= 0.3 is 0 Å². The molecule has 0 aliphatic heterocycles. The molecule has 0 unspecified atom stereocenters. The van der Waals surface area contributed by atoms with Gasteiger partial charge in [-0.2, -0.15) is 0 Å². The number of alkyl halides is 1. The summed E-state index contributed by atoms with van der Waals surface area (Å²) >= 11 is 5.53. The van der Waals surface area contributed by atoms with E-state index in [0.29, 0.717) is 11.6 Å². The Labute approximate surface area is 70.2 Å². The molecule has 0 aliphatic carbocycles. The fraction of sp³-hybridized carbons (Fsp3) is 0.250. The Kier molecular flexibility index (Phi) is 2.60. The molecule has 58 valence electrons. The molecule has 0 bridgehead atoms. The summed E-state index contributed by atoms with van der Waals surface area (Å²) in [5.74, 6) is 0.414. The van der Waals surface area contributed by atoms with Gasteiger partial charge in [-0.15, -0.1) is 11.6 Å². The van der Waals surface area contributed by atoms with Gasteiger partial charge in [0.25, 0.3) is 0 Å². The zero-order chi connectivity index (χ0) is 8.27. The van der Waals surface area contributed by atoms with Gasteiger partial charge in [-0.25, -0.2) is 0 Å². The van der Waals surface area contributed by atoms with Gasteiger partial charge in [0.15, 0.2) is 5.78 Å². The van der Waals surface area contributed by atoms with Crippen molar-refractivity contribution in [3.05, 3.63) is 29.6 Å². The Morgan fingerprint density at radius 2 is 2.36 bits per heavy atom. The fourth-order valence-corrected chi connectivity index (χ4v) is 0.870. The number of rotatable bonds is 2. The van der Waals surface area contributed by atoms with Crippen LogP contribution in [0.1, 0.15) is 23.0 Å². The lowest BCUT2D eigenvalue weighted by Crippen LogP contribution is -1.95. The number of Topliss-reactive ketones (excluding diaryl/α,β-unsaturated/α-hetero) is 1. The van der Waals surface area contributed by atoms with E-state index in [1.54, 1.807) is 18.3 Å². The van der Waals surface area contributed by atoms with E-state index < -0.39 is 0 Å². The second kappa shape index (κ2) is 3.49. The summed E-state index contributed by atoms with van der Waals surface area (Å²) in [5, 5.41) is 0. The van der Waals surface area contributed by atoms with Crippen LogP contribution in [0.25, 0.3) is 0 Å². The number of carbonyl (C=O) groups excluding carboxylic acids is 1. The van der Waals surface area contributed by atoms with Crippen molar-refractivity contribution >= 4 is 17.4 Å². The summed E-state index contributed by atoms with van der Waals surface area (Å²) in [6, 6.07) is 3.48. The number of carbonyl (C=O) groups is 1. The maximum Gasteiger partial charge on any atom is 0.178 e. The van der Waals surface area contributed by atoms with E-state index in [1.807, 2.05) is 0 Å². The standard InChI is InChI=1S/C8H8ClNO/c1-6(11)8-3-2-7(4-9)5-10-8/h2-3,5H,4H2,1H3. The predicted molar refractivity (Wildman–Crippen MR) is 43.8 cm³/mol. The predicted octanol–water partition coefficient (Wildman–Crippen LogP) is 2.02. The minimum atomic E-state index is -0.0221. The van der Waals surface area contributed by atoms with Gasteiger partial charge in [0.2, 0.25) is 0 Å². The van der Waals surface area contributed by atoms with Crippen LogP contribution in [0.15, 0.2) is 18.3 Å². The number of hydrogen-bond donors (Lipinski definition) is 0. The SMILES string of the molecule is CC(=O)c1ccc(CCl)cn1. The van der Waals surface area contributed by atoms with Crippen LogP contribution in [0.4, 0.5) is 0 Å². The molecule has 1 aromatic rings. The summed E-state index contributed by atoms with van der Waals surface area (Å²) < 4.78 is 0. The molecule has 3 heteroatoms. The van der Waals surface area contributed by atoms with Crippen LogP contribution in [0.2, 0.25) is 0 Å². The molecule has 2 nitrogen and oxygen atoms in total. The third-order valence-electron chi connectivity index (χ3n) is 1.34. The Hall–Kier alpha value is -0.890. The monoisotopic (exact) mass is 169 g/mol. The lowest BCUT2D eigenvalue weighted by Gasteiger charge is -1.95. The highest BCUT2D eigenvalue weighted by Gasteiger charge is 1.98. The number of pyridine rings is 1. The molecular formula is C8H8ClNO. The number of ketones is 1. The quantitative estimate of drug-likeness (QED) is 0.501. The molecule has 0 saturated carbocycles. The van der Waals surface area contributed by atoms with E-state index in [4.69, 9.17) is 11.6 Å². The van der Waals surface area contributed by atoms with Gasteiger partial charge in [-0.3, -0.25) is 9.78 Å². The van der Waals surface area contributed by atoms with E-state index in [-0.39, 0.29) is 5.78 Å². The van der Waals surface area contributed by atoms with E-state index in [0.717, 1.165) is 5.56 Å². The Balaban J connectivity index is 2.91. The molecule has 0 saturated heterocycles. The van der Waals surface area contributed by atoms with Gasteiger partial charge in [-0.1, -0.05) is 6.07 Å². The third kappa shape index (κ3) is 2.02. The molecule has 0 aromatic carbocycles. The van der Waals surface area contributed by atoms with Crippen molar-refractivity contribution < 1.29 is 4.79 Å². The van der Waals surface area contributed by atoms with Crippen LogP contribution in [0.3, 0.4) is 0 Å². The van der Waals surface area contributed by atoms with Crippen LogP contribution in [-0.4, -0.2) is 10.8 Å². The summed E-state index contributed by atoms with van der Waals surface area (Å²) in [6.07, 6.45) is 1.61. The molecule has 0 radical (unpaired) electrons. The molecule has 0 spiro atoms. The number of halogens is 1. The molecule has 0 N–H and O–H groups in total. The first-order chi connectivity index (χ1) is 5.24. The lowest BCUT2D eigenvalue weighted by atomic mass is 10.2. The lowest BCUT2D eigenvalue weighted by molar-refractivity contribution is 0.101. The average Bonchev–Trinajstić information content (AvgIpc) is 2.05. The molecule has 11 heavy (non-hydrogen) atoms. The van der Waals surface area contributed by atoms with Gasteiger partial charge < -0.3 is 0 Å². The van der Waals surface area contributed by atoms with Crippen molar-refractivity contribution in [1.29, 1.82) is 0 Å².